The summed E-state index contributed by atoms with van der Waals surface area (Å²) in [5.41, 5.74) is 0.465. The lowest BCUT2D eigenvalue weighted by molar-refractivity contribution is -0.134. The largest absolute Gasteiger partial charge is 0.497 e. The predicted octanol–water partition coefficient (Wildman–Crippen LogP) is 1.20. The van der Waals surface area contributed by atoms with Crippen LogP contribution in [0.25, 0.3) is 0 Å². The molecule has 1 saturated carbocycles. The van der Waals surface area contributed by atoms with Crippen molar-refractivity contribution in [3.8, 4) is 5.75 Å². The number of nitrogens with one attached hydrogen (secondary N) is 2. The van der Waals surface area contributed by atoms with Crippen LogP contribution in [-0.4, -0.2) is 69.1 Å². The van der Waals surface area contributed by atoms with Gasteiger partial charge in [0, 0.05) is 38.2 Å². The summed E-state index contributed by atoms with van der Waals surface area (Å²) in [5.74, 6) is 0.536. The predicted molar refractivity (Wildman–Crippen MR) is 111 cm³/mol. The molecule has 0 aromatic heterocycles. The van der Waals surface area contributed by atoms with E-state index in [0.717, 1.165) is 12.8 Å². The highest BCUT2D eigenvalue weighted by Gasteiger charge is 2.38. The summed E-state index contributed by atoms with van der Waals surface area (Å²) in [6.07, 6.45) is 3.34. The van der Waals surface area contributed by atoms with Gasteiger partial charge in [-0.25, -0.2) is 0 Å². The summed E-state index contributed by atoms with van der Waals surface area (Å²) in [7, 11) is 3.14. The van der Waals surface area contributed by atoms with Crippen LogP contribution >= 0.6 is 0 Å². The van der Waals surface area contributed by atoms with Crippen molar-refractivity contribution in [2.45, 2.75) is 31.7 Å². The van der Waals surface area contributed by atoms with Crippen molar-refractivity contribution in [3.63, 3.8) is 0 Å². The molecular weight excluding hydrogens is 386 g/mol. The van der Waals surface area contributed by atoms with E-state index in [0.29, 0.717) is 50.4 Å². The Morgan fingerprint density at radius 3 is 2.30 bits per heavy atom. The number of likely N-dealkylation sites (tertiary alicyclic amines) is 1. The fraction of sp³-hybridized carbons (Fsp3) is 0.591. The Morgan fingerprint density at radius 2 is 1.73 bits per heavy atom. The number of ether oxygens (including phenoxy) is 2. The topological polar surface area (TPSA) is 97.0 Å². The maximum Gasteiger partial charge on any atom is 0.251 e. The van der Waals surface area contributed by atoms with Gasteiger partial charge >= 0.3 is 0 Å². The summed E-state index contributed by atoms with van der Waals surface area (Å²) < 4.78 is 10.1. The lowest BCUT2D eigenvalue weighted by Crippen LogP contribution is -2.54. The van der Waals surface area contributed by atoms with Crippen LogP contribution in [0.3, 0.4) is 0 Å². The third-order valence-electron chi connectivity index (χ3n) is 5.78. The highest BCUT2D eigenvalue weighted by Crippen LogP contribution is 2.33. The van der Waals surface area contributed by atoms with Crippen molar-refractivity contribution < 1.29 is 23.9 Å². The number of nitrogens with zero attached hydrogens (tertiary/aromatic N) is 1. The fourth-order valence-corrected chi connectivity index (χ4v) is 3.79. The molecule has 1 aliphatic heterocycles. The van der Waals surface area contributed by atoms with E-state index in [4.69, 9.17) is 9.47 Å². The van der Waals surface area contributed by atoms with Crippen molar-refractivity contribution in [1.82, 2.24) is 15.5 Å². The minimum atomic E-state index is -0.658. The number of hydrogen-bond donors (Lipinski definition) is 2. The average Bonchev–Trinajstić information content (AvgIpc) is 3.62. The molecule has 8 nitrogen and oxygen atoms in total. The number of piperidine rings is 1. The van der Waals surface area contributed by atoms with Crippen LogP contribution in [-0.2, 0) is 14.3 Å². The lowest BCUT2D eigenvalue weighted by Gasteiger charge is -2.36. The molecule has 30 heavy (non-hydrogen) atoms. The number of rotatable bonds is 9. The number of methoxy groups -OCH3 is 2. The first-order chi connectivity index (χ1) is 14.5. The molecule has 2 aliphatic rings. The molecule has 3 amide bonds. The number of amides is 3. The molecule has 1 atom stereocenters. The molecule has 1 heterocycles. The van der Waals surface area contributed by atoms with Gasteiger partial charge < -0.3 is 25.0 Å². The second-order valence-corrected chi connectivity index (χ2v) is 7.90. The zero-order chi connectivity index (χ0) is 21.5. The molecule has 1 saturated heterocycles. The first kappa shape index (κ1) is 22.1. The van der Waals surface area contributed by atoms with E-state index < -0.39 is 6.04 Å². The molecule has 0 radical (unpaired) electrons. The Bertz CT molecular complexity index is 740. The van der Waals surface area contributed by atoms with Crippen LogP contribution in [0.1, 0.15) is 36.0 Å². The summed E-state index contributed by atoms with van der Waals surface area (Å²) in [6.45, 7) is 2.03. The van der Waals surface area contributed by atoms with Crippen LogP contribution < -0.4 is 15.4 Å². The van der Waals surface area contributed by atoms with Crippen molar-refractivity contribution in [3.05, 3.63) is 29.8 Å². The van der Waals surface area contributed by atoms with Gasteiger partial charge in [-0.05, 0) is 55.9 Å². The molecule has 2 N–H and O–H groups in total. The van der Waals surface area contributed by atoms with E-state index in [-0.39, 0.29) is 29.6 Å². The zero-order valence-corrected chi connectivity index (χ0v) is 17.7. The highest BCUT2D eigenvalue weighted by atomic mass is 16.5. The fourth-order valence-electron chi connectivity index (χ4n) is 3.79. The first-order valence-electron chi connectivity index (χ1n) is 10.5. The molecule has 164 valence electrons. The number of benzene rings is 1. The van der Waals surface area contributed by atoms with Gasteiger partial charge in [-0.3, -0.25) is 14.4 Å². The van der Waals surface area contributed by atoms with Gasteiger partial charge in [-0.1, -0.05) is 0 Å². The van der Waals surface area contributed by atoms with Crippen LogP contribution in [0, 0.1) is 11.8 Å². The molecule has 1 aromatic carbocycles. The summed E-state index contributed by atoms with van der Waals surface area (Å²) in [5, 5.41) is 5.75. The van der Waals surface area contributed by atoms with Crippen molar-refractivity contribution >= 4 is 17.7 Å². The van der Waals surface area contributed by atoms with Crippen LogP contribution in [0.15, 0.2) is 24.3 Å². The van der Waals surface area contributed by atoms with Gasteiger partial charge in [0.05, 0.1) is 13.7 Å². The molecule has 2 fully saturated rings. The Balaban J connectivity index is 1.64. The van der Waals surface area contributed by atoms with Gasteiger partial charge in [0.2, 0.25) is 11.8 Å². The maximum absolute atomic E-state index is 12.8. The third-order valence-corrected chi connectivity index (χ3v) is 5.78. The average molecular weight is 418 g/mol. The van der Waals surface area contributed by atoms with E-state index >= 15 is 0 Å². The molecule has 0 spiro atoms. The van der Waals surface area contributed by atoms with Gasteiger partial charge in [-0.15, -0.1) is 0 Å². The highest BCUT2D eigenvalue weighted by molar-refractivity contribution is 5.97. The minimum absolute atomic E-state index is 0.0296. The van der Waals surface area contributed by atoms with Gasteiger partial charge in [0.15, 0.2) is 0 Å². The van der Waals surface area contributed by atoms with E-state index in [1.54, 1.807) is 38.5 Å². The summed E-state index contributed by atoms with van der Waals surface area (Å²) >= 11 is 0. The van der Waals surface area contributed by atoms with Crippen LogP contribution in [0.2, 0.25) is 0 Å². The standard InChI is InChI=1S/C22H31N3O5/c1-29-14-11-23-21(27)19(24-20(26)16-5-7-18(30-2)8-6-16)15-9-12-25(13-10-15)22(28)17-3-4-17/h5-8,15,17,19H,3-4,9-14H2,1-2H3,(H,23,27)(H,24,26)/t19-/m0/s1. The Labute approximate surface area is 177 Å². The first-order valence-corrected chi connectivity index (χ1v) is 10.5. The Kier molecular flexibility index (Phi) is 7.68. The Hall–Kier alpha value is -2.61. The lowest BCUT2D eigenvalue weighted by atomic mass is 9.88. The van der Waals surface area contributed by atoms with Crippen LogP contribution in [0.4, 0.5) is 0 Å². The smallest absolute Gasteiger partial charge is 0.251 e. The van der Waals surface area contributed by atoms with Gasteiger partial charge in [0.25, 0.3) is 5.91 Å². The second kappa shape index (κ2) is 10.4. The zero-order valence-electron chi connectivity index (χ0n) is 17.7. The summed E-state index contributed by atoms with van der Waals surface area (Å²) in [6, 6.07) is 6.11. The molecule has 1 aliphatic carbocycles. The van der Waals surface area contributed by atoms with Gasteiger partial charge in [-0.2, -0.15) is 0 Å². The molecule has 8 heteroatoms. The SMILES string of the molecule is COCCNC(=O)[C@@H](NC(=O)c1ccc(OC)cc1)C1CCN(C(=O)C2CC2)CC1. The van der Waals surface area contributed by atoms with Crippen molar-refractivity contribution in [2.24, 2.45) is 11.8 Å². The van der Waals surface area contributed by atoms with E-state index in [9.17, 15) is 14.4 Å². The number of carbonyl (C=O) groups excluding carboxylic acids is 3. The van der Waals surface area contributed by atoms with Gasteiger partial charge in [0.1, 0.15) is 11.8 Å². The Morgan fingerprint density at radius 1 is 1.07 bits per heavy atom. The molecule has 0 unspecified atom stereocenters. The van der Waals surface area contributed by atoms with Crippen molar-refractivity contribution in [1.29, 1.82) is 0 Å². The van der Waals surface area contributed by atoms with E-state index in [1.807, 2.05) is 4.90 Å². The monoisotopic (exact) mass is 417 g/mol. The number of carbonyl (C=O) groups is 3. The van der Waals surface area contributed by atoms with E-state index in [2.05, 4.69) is 10.6 Å². The van der Waals surface area contributed by atoms with E-state index in [1.165, 1.54) is 0 Å². The molecule has 3 rings (SSSR count). The normalized spacial score (nSPS) is 17.9. The minimum Gasteiger partial charge on any atom is -0.497 e. The molecular formula is C22H31N3O5. The van der Waals surface area contributed by atoms with Crippen molar-refractivity contribution in [2.75, 3.05) is 40.5 Å². The third kappa shape index (κ3) is 5.72. The summed E-state index contributed by atoms with van der Waals surface area (Å²) in [4.78, 5) is 39.8. The quantitative estimate of drug-likeness (QED) is 0.589. The molecule has 1 aromatic rings. The number of hydrogen-bond acceptors (Lipinski definition) is 5. The maximum atomic E-state index is 12.8. The molecule has 0 bridgehead atoms. The second-order valence-electron chi connectivity index (χ2n) is 7.90. The van der Waals surface area contributed by atoms with Crippen LogP contribution in [0.5, 0.6) is 5.75 Å².